The first-order valence-electron chi connectivity index (χ1n) is 4.65. The molecule has 0 aliphatic rings. The Bertz CT molecular complexity index is 253. The molecule has 0 saturated carbocycles. The summed E-state index contributed by atoms with van der Waals surface area (Å²) in [7, 11) is 0. The predicted octanol–water partition coefficient (Wildman–Crippen LogP) is 3.37. The lowest BCUT2D eigenvalue weighted by molar-refractivity contribution is 0.317. The van der Waals surface area contributed by atoms with E-state index in [2.05, 4.69) is 27.8 Å². The lowest BCUT2D eigenvalue weighted by atomic mass is 10.4. The summed E-state index contributed by atoms with van der Waals surface area (Å²) in [5, 5.41) is 0. The average molecular weight is 276 g/mol. The highest BCUT2D eigenvalue weighted by Gasteiger charge is 1.94. The van der Waals surface area contributed by atoms with Crippen LogP contribution in [0.2, 0.25) is 0 Å². The standard InChI is InChI=1S/C10H14BrNOS/c1-2-14-7-3-6-13-9-4-5-10(11)12-8-9/h4-5,8H,2-3,6-7H2,1H3. The summed E-state index contributed by atoms with van der Waals surface area (Å²) in [5.41, 5.74) is 0. The van der Waals surface area contributed by atoms with E-state index in [9.17, 15) is 0 Å². The lowest BCUT2D eigenvalue weighted by Gasteiger charge is -2.04. The molecule has 0 aliphatic carbocycles. The van der Waals surface area contributed by atoms with E-state index in [4.69, 9.17) is 4.74 Å². The Morgan fingerprint density at radius 3 is 3.00 bits per heavy atom. The summed E-state index contributed by atoms with van der Waals surface area (Å²) in [5.74, 6) is 3.19. The lowest BCUT2D eigenvalue weighted by Crippen LogP contribution is -1.99. The van der Waals surface area contributed by atoms with Crippen LogP contribution in [0.4, 0.5) is 0 Å². The second kappa shape index (κ2) is 7.12. The van der Waals surface area contributed by atoms with E-state index in [1.807, 2.05) is 23.9 Å². The summed E-state index contributed by atoms with van der Waals surface area (Å²) < 4.78 is 6.35. The summed E-state index contributed by atoms with van der Waals surface area (Å²) in [6.45, 7) is 2.94. The molecular formula is C10H14BrNOS. The molecule has 1 rings (SSSR count). The summed E-state index contributed by atoms with van der Waals surface area (Å²) in [4.78, 5) is 4.08. The first-order valence-corrected chi connectivity index (χ1v) is 6.60. The first kappa shape index (κ1) is 11.9. The third-order valence-electron chi connectivity index (χ3n) is 1.61. The van der Waals surface area contributed by atoms with Gasteiger partial charge in [0, 0.05) is 0 Å². The van der Waals surface area contributed by atoms with E-state index in [1.54, 1.807) is 6.20 Å². The minimum atomic E-state index is 0.774. The molecule has 0 atom stereocenters. The Kier molecular flexibility index (Phi) is 6.03. The number of rotatable bonds is 6. The van der Waals surface area contributed by atoms with Crippen LogP contribution in [-0.2, 0) is 0 Å². The van der Waals surface area contributed by atoms with Gasteiger partial charge in [-0.1, -0.05) is 6.92 Å². The zero-order valence-electron chi connectivity index (χ0n) is 8.20. The number of nitrogens with zero attached hydrogens (tertiary/aromatic N) is 1. The minimum Gasteiger partial charge on any atom is -0.492 e. The van der Waals surface area contributed by atoms with Gasteiger partial charge >= 0.3 is 0 Å². The quantitative estimate of drug-likeness (QED) is 0.587. The molecule has 1 aromatic rings. The fraction of sp³-hybridized carbons (Fsp3) is 0.500. The van der Waals surface area contributed by atoms with Crippen LogP contribution in [0.3, 0.4) is 0 Å². The Morgan fingerprint density at radius 2 is 2.36 bits per heavy atom. The van der Waals surface area contributed by atoms with Gasteiger partial charge in [0.1, 0.15) is 10.4 Å². The van der Waals surface area contributed by atoms with Crippen LogP contribution in [-0.4, -0.2) is 23.1 Å². The number of hydrogen-bond donors (Lipinski definition) is 0. The van der Waals surface area contributed by atoms with E-state index >= 15 is 0 Å². The molecule has 0 N–H and O–H groups in total. The van der Waals surface area contributed by atoms with Gasteiger partial charge in [0.25, 0.3) is 0 Å². The molecule has 0 saturated heterocycles. The van der Waals surface area contributed by atoms with Crippen LogP contribution in [0.5, 0.6) is 5.75 Å². The van der Waals surface area contributed by atoms with Crippen LogP contribution in [0.1, 0.15) is 13.3 Å². The number of pyridine rings is 1. The zero-order chi connectivity index (χ0) is 10.2. The Balaban J connectivity index is 2.15. The summed E-state index contributed by atoms with van der Waals surface area (Å²) >= 11 is 5.22. The van der Waals surface area contributed by atoms with Gasteiger partial charge in [-0.15, -0.1) is 0 Å². The van der Waals surface area contributed by atoms with Crippen molar-refractivity contribution in [2.75, 3.05) is 18.1 Å². The molecule has 0 fully saturated rings. The molecule has 4 heteroatoms. The van der Waals surface area contributed by atoms with Gasteiger partial charge in [0.2, 0.25) is 0 Å². The molecular weight excluding hydrogens is 262 g/mol. The number of ether oxygens (including phenoxy) is 1. The van der Waals surface area contributed by atoms with Crippen molar-refractivity contribution in [2.24, 2.45) is 0 Å². The predicted molar refractivity (Wildman–Crippen MR) is 65.0 cm³/mol. The van der Waals surface area contributed by atoms with Crippen LogP contribution < -0.4 is 4.74 Å². The average Bonchev–Trinajstić information content (AvgIpc) is 2.21. The Labute approximate surface area is 97.6 Å². The third-order valence-corrected chi connectivity index (χ3v) is 3.06. The molecule has 1 heterocycles. The molecule has 0 radical (unpaired) electrons. The SMILES string of the molecule is CCSCCCOc1ccc(Br)nc1. The Hall–Kier alpha value is -0.220. The molecule has 0 bridgehead atoms. The number of thioether (sulfide) groups is 1. The molecule has 78 valence electrons. The monoisotopic (exact) mass is 275 g/mol. The second-order valence-corrected chi connectivity index (χ2v) is 4.92. The van der Waals surface area contributed by atoms with E-state index in [-0.39, 0.29) is 0 Å². The minimum absolute atomic E-state index is 0.774. The van der Waals surface area contributed by atoms with Crippen LogP contribution in [0.15, 0.2) is 22.9 Å². The van der Waals surface area contributed by atoms with Crippen molar-refractivity contribution in [1.82, 2.24) is 4.98 Å². The van der Waals surface area contributed by atoms with Gasteiger partial charge in [-0.3, -0.25) is 0 Å². The van der Waals surface area contributed by atoms with Crippen LogP contribution >= 0.6 is 27.7 Å². The second-order valence-electron chi connectivity index (χ2n) is 2.72. The maximum Gasteiger partial charge on any atom is 0.137 e. The highest BCUT2D eigenvalue weighted by Crippen LogP contribution is 2.13. The summed E-state index contributed by atoms with van der Waals surface area (Å²) in [6, 6.07) is 3.81. The van der Waals surface area contributed by atoms with Crippen molar-refractivity contribution < 1.29 is 4.74 Å². The Morgan fingerprint density at radius 1 is 1.50 bits per heavy atom. The molecule has 2 nitrogen and oxygen atoms in total. The zero-order valence-corrected chi connectivity index (χ0v) is 10.6. The van der Waals surface area contributed by atoms with Crippen molar-refractivity contribution >= 4 is 27.7 Å². The molecule has 0 unspecified atom stereocenters. The van der Waals surface area contributed by atoms with E-state index in [1.165, 1.54) is 11.5 Å². The number of halogens is 1. The highest BCUT2D eigenvalue weighted by molar-refractivity contribution is 9.10. The van der Waals surface area contributed by atoms with Crippen LogP contribution in [0.25, 0.3) is 0 Å². The maximum atomic E-state index is 5.51. The van der Waals surface area contributed by atoms with Gasteiger partial charge in [-0.05, 0) is 46.0 Å². The van der Waals surface area contributed by atoms with Gasteiger partial charge in [0.05, 0.1) is 12.8 Å². The van der Waals surface area contributed by atoms with Crippen molar-refractivity contribution in [3.05, 3.63) is 22.9 Å². The fourth-order valence-corrected chi connectivity index (χ4v) is 1.79. The molecule has 1 aromatic heterocycles. The molecule has 0 aliphatic heterocycles. The largest absolute Gasteiger partial charge is 0.492 e. The van der Waals surface area contributed by atoms with Gasteiger partial charge in [0.15, 0.2) is 0 Å². The number of aromatic nitrogens is 1. The first-order chi connectivity index (χ1) is 6.83. The molecule has 0 spiro atoms. The topological polar surface area (TPSA) is 22.1 Å². The number of hydrogen-bond acceptors (Lipinski definition) is 3. The van der Waals surface area contributed by atoms with Crippen molar-refractivity contribution in [3.8, 4) is 5.75 Å². The van der Waals surface area contributed by atoms with Crippen molar-refractivity contribution in [2.45, 2.75) is 13.3 Å². The molecule has 14 heavy (non-hydrogen) atoms. The summed E-state index contributed by atoms with van der Waals surface area (Å²) in [6.07, 6.45) is 2.83. The molecule has 0 aromatic carbocycles. The smallest absolute Gasteiger partial charge is 0.137 e. The van der Waals surface area contributed by atoms with Crippen molar-refractivity contribution in [3.63, 3.8) is 0 Å². The van der Waals surface area contributed by atoms with Gasteiger partial charge in [-0.2, -0.15) is 11.8 Å². The maximum absolute atomic E-state index is 5.51. The normalized spacial score (nSPS) is 10.1. The molecule has 0 amide bonds. The fourth-order valence-electron chi connectivity index (χ4n) is 0.943. The van der Waals surface area contributed by atoms with Crippen LogP contribution in [0, 0.1) is 0 Å². The van der Waals surface area contributed by atoms with Gasteiger partial charge < -0.3 is 4.74 Å². The van der Waals surface area contributed by atoms with Crippen molar-refractivity contribution in [1.29, 1.82) is 0 Å². The van der Waals surface area contributed by atoms with E-state index < -0.39 is 0 Å². The third kappa shape index (κ3) is 4.86. The highest BCUT2D eigenvalue weighted by atomic mass is 79.9. The van der Waals surface area contributed by atoms with Gasteiger partial charge in [-0.25, -0.2) is 4.98 Å². The van der Waals surface area contributed by atoms with E-state index in [0.717, 1.165) is 23.4 Å². The van der Waals surface area contributed by atoms with E-state index in [0.29, 0.717) is 0 Å².